The SMILES string of the molecule is CCCCNC(=O)[C@H](C)N(Cc1cccc(OC)c1)C(=O)COc1ccc(F)cc1. The van der Waals surface area contributed by atoms with Gasteiger partial charge < -0.3 is 19.7 Å². The van der Waals surface area contributed by atoms with Crippen molar-refractivity contribution in [2.24, 2.45) is 0 Å². The zero-order chi connectivity index (χ0) is 21.9. The molecule has 0 spiro atoms. The highest BCUT2D eigenvalue weighted by atomic mass is 19.1. The Morgan fingerprint density at radius 3 is 2.53 bits per heavy atom. The summed E-state index contributed by atoms with van der Waals surface area (Å²) in [6, 6.07) is 12.1. The minimum absolute atomic E-state index is 0.221. The van der Waals surface area contributed by atoms with Gasteiger partial charge >= 0.3 is 0 Å². The zero-order valence-electron chi connectivity index (χ0n) is 17.7. The minimum atomic E-state index is -0.683. The van der Waals surface area contributed by atoms with Crippen molar-refractivity contribution in [1.29, 1.82) is 0 Å². The Kier molecular flexibility index (Phi) is 9.12. The third-order valence-corrected chi connectivity index (χ3v) is 4.66. The number of carbonyl (C=O) groups is 2. The molecule has 0 unspecified atom stereocenters. The van der Waals surface area contributed by atoms with Crippen molar-refractivity contribution in [2.45, 2.75) is 39.3 Å². The van der Waals surface area contributed by atoms with Gasteiger partial charge in [0, 0.05) is 13.1 Å². The van der Waals surface area contributed by atoms with E-state index in [-0.39, 0.29) is 30.8 Å². The van der Waals surface area contributed by atoms with Crippen molar-refractivity contribution in [2.75, 3.05) is 20.3 Å². The highest BCUT2D eigenvalue weighted by molar-refractivity contribution is 5.87. The zero-order valence-corrected chi connectivity index (χ0v) is 17.7. The molecule has 6 nitrogen and oxygen atoms in total. The lowest BCUT2D eigenvalue weighted by Crippen LogP contribution is -2.49. The molecule has 1 atom stereocenters. The van der Waals surface area contributed by atoms with Crippen molar-refractivity contribution in [3.8, 4) is 11.5 Å². The van der Waals surface area contributed by atoms with Crippen molar-refractivity contribution < 1.29 is 23.5 Å². The minimum Gasteiger partial charge on any atom is -0.497 e. The topological polar surface area (TPSA) is 67.9 Å². The summed E-state index contributed by atoms with van der Waals surface area (Å²) in [5.41, 5.74) is 0.831. The Morgan fingerprint density at radius 1 is 1.13 bits per heavy atom. The van der Waals surface area contributed by atoms with Gasteiger partial charge in [-0.15, -0.1) is 0 Å². The average molecular weight is 416 g/mol. The third-order valence-electron chi connectivity index (χ3n) is 4.66. The van der Waals surface area contributed by atoms with Crippen LogP contribution in [0.1, 0.15) is 32.3 Å². The number of methoxy groups -OCH3 is 1. The summed E-state index contributed by atoms with van der Waals surface area (Å²) in [6.45, 7) is 4.26. The van der Waals surface area contributed by atoms with Crippen LogP contribution in [-0.2, 0) is 16.1 Å². The lowest BCUT2D eigenvalue weighted by molar-refractivity contribution is -0.142. The molecule has 0 saturated heterocycles. The van der Waals surface area contributed by atoms with Gasteiger partial charge in [-0.3, -0.25) is 9.59 Å². The number of nitrogens with one attached hydrogen (secondary N) is 1. The number of amides is 2. The van der Waals surface area contributed by atoms with E-state index < -0.39 is 6.04 Å². The number of rotatable bonds is 11. The molecule has 162 valence electrons. The van der Waals surface area contributed by atoms with E-state index in [1.807, 2.05) is 31.2 Å². The number of benzene rings is 2. The summed E-state index contributed by atoms with van der Waals surface area (Å²) in [7, 11) is 1.57. The Bertz CT molecular complexity index is 826. The average Bonchev–Trinajstić information content (AvgIpc) is 2.76. The standard InChI is InChI=1S/C23H29FN2O4/c1-4-5-13-25-23(28)17(2)26(15-18-7-6-8-21(14-18)29-3)22(27)16-30-20-11-9-19(24)10-12-20/h6-12,14,17H,4-5,13,15-16H2,1-3H3,(H,25,28)/t17-/m0/s1. The molecule has 0 fully saturated rings. The molecule has 0 aliphatic rings. The highest BCUT2D eigenvalue weighted by Crippen LogP contribution is 2.17. The third kappa shape index (κ3) is 7.06. The van der Waals surface area contributed by atoms with E-state index in [0.717, 1.165) is 18.4 Å². The van der Waals surface area contributed by atoms with E-state index in [0.29, 0.717) is 18.0 Å². The van der Waals surface area contributed by atoms with E-state index in [1.54, 1.807) is 14.0 Å². The smallest absolute Gasteiger partial charge is 0.261 e. The second-order valence-electron chi connectivity index (χ2n) is 6.94. The fraction of sp³-hybridized carbons (Fsp3) is 0.391. The van der Waals surface area contributed by atoms with Gasteiger partial charge in [-0.05, 0) is 55.3 Å². The predicted molar refractivity (Wildman–Crippen MR) is 113 cm³/mol. The molecule has 1 N–H and O–H groups in total. The number of halogens is 1. The molecule has 7 heteroatoms. The molecule has 2 aromatic carbocycles. The largest absolute Gasteiger partial charge is 0.497 e. The van der Waals surface area contributed by atoms with E-state index in [4.69, 9.17) is 9.47 Å². The van der Waals surface area contributed by atoms with Gasteiger partial charge in [-0.1, -0.05) is 25.5 Å². The first-order valence-corrected chi connectivity index (χ1v) is 10.0. The van der Waals surface area contributed by atoms with Crippen LogP contribution in [-0.4, -0.2) is 43.0 Å². The Morgan fingerprint density at radius 2 is 1.87 bits per heavy atom. The number of hydrogen-bond acceptors (Lipinski definition) is 4. The van der Waals surface area contributed by atoms with Gasteiger partial charge in [0.05, 0.1) is 7.11 Å². The molecule has 0 heterocycles. The van der Waals surface area contributed by atoms with Crippen LogP contribution in [0.5, 0.6) is 11.5 Å². The molecule has 0 radical (unpaired) electrons. The van der Waals surface area contributed by atoms with Crippen LogP contribution in [0.4, 0.5) is 4.39 Å². The summed E-state index contributed by atoms with van der Waals surface area (Å²) in [6.07, 6.45) is 1.84. The summed E-state index contributed by atoms with van der Waals surface area (Å²) in [4.78, 5) is 27.0. The van der Waals surface area contributed by atoms with Gasteiger partial charge in [-0.2, -0.15) is 0 Å². The van der Waals surface area contributed by atoms with Crippen LogP contribution in [0, 0.1) is 5.82 Å². The number of ether oxygens (including phenoxy) is 2. The van der Waals surface area contributed by atoms with Crippen LogP contribution in [0.15, 0.2) is 48.5 Å². The van der Waals surface area contributed by atoms with E-state index in [9.17, 15) is 14.0 Å². The molecule has 2 rings (SSSR count). The number of carbonyl (C=O) groups excluding carboxylic acids is 2. The second-order valence-corrected chi connectivity index (χ2v) is 6.94. The normalized spacial score (nSPS) is 11.5. The molecule has 0 saturated carbocycles. The molecular formula is C23H29FN2O4. The fourth-order valence-corrected chi connectivity index (χ4v) is 2.85. The van der Waals surface area contributed by atoms with Gasteiger partial charge in [-0.25, -0.2) is 4.39 Å². The molecule has 0 aromatic heterocycles. The van der Waals surface area contributed by atoms with Crippen molar-refractivity contribution in [3.05, 3.63) is 59.9 Å². The van der Waals surface area contributed by atoms with Crippen LogP contribution in [0.2, 0.25) is 0 Å². The molecule has 30 heavy (non-hydrogen) atoms. The second kappa shape index (κ2) is 11.8. The summed E-state index contributed by atoms with van der Waals surface area (Å²) < 4.78 is 23.8. The molecule has 2 amide bonds. The maximum atomic E-state index is 13.1. The molecule has 0 aliphatic heterocycles. The highest BCUT2D eigenvalue weighted by Gasteiger charge is 2.26. The lowest BCUT2D eigenvalue weighted by atomic mass is 10.1. The van der Waals surface area contributed by atoms with Crippen molar-refractivity contribution >= 4 is 11.8 Å². The summed E-state index contributed by atoms with van der Waals surface area (Å²) in [5.74, 6) is 0.0982. The maximum Gasteiger partial charge on any atom is 0.261 e. The number of hydrogen-bond donors (Lipinski definition) is 1. The fourth-order valence-electron chi connectivity index (χ4n) is 2.85. The first-order chi connectivity index (χ1) is 14.4. The van der Waals surface area contributed by atoms with Crippen molar-refractivity contribution in [3.63, 3.8) is 0 Å². The van der Waals surface area contributed by atoms with Gasteiger partial charge in [0.2, 0.25) is 5.91 Å². The molecular weight excluding hydrogens is 387 g/mol. The van der Waals surface area contributed by atoms with Gasteiger partial charge in [0.25, 0.3) is 5.91 Å². The summed E-state index contributed by atoms with van der Waals surface area (Å²) in [5, 5.41) is 2.87. The Balaban J connectivity index is 2.12. The summed E-state index contributed by atoms with van der Waals surface area (Å²) >= 11 is 0. The van der Waals surface area contributed by atoms with E-state index in [1.165, 1.54) is 29.2 Å². The lowest BCUT2D eigenvalue weighted by Gasteiger charge is -2.29. The first kappa shape index (κ1) is 23.2. The monoisotopic (exact) mass is 416 g/mol. The van der Waals surface area contributed by atoms with Crippen LogP contribution in [0.3, 0.4) is 0 Å². The predicted octanol–water partition coefficient (Wildman–Crippen LogP) is 3.55. The molecule has 0 bridgehead atoms. The Hall–Kier alpha value is -3.09. The van der Waals surface area contributed by atoms with E-state index in [2.05, 4.69) is 5.32 Å². The molecule has 2 aromatic rings. The number of unbranched alkanes of at least 4 members (excludes halogenated alkanes) is 1. The first-order valence-electron chi connectivity index (χ1n) is 10.0. The quantitative estimate of drug-likeness (QED) is 0.569. The number of nitrogens with zero attached hydrogens (tertiary/aromatic N) is 1. The van der Waals surface area contributed by atoms with Gasteiger partial charge in [0.15, 0.2) is 6.61 Å². The van der Waals surface area contributed by atoms with E-state index >= 15 is 0 Å². The Labute approximate surface area is 177 Å². The van der Waals surface area contributed by atoms with Crippen LogP contribution < -0.4 is 14.8 Å². The molecule has 0 aliphatic carbocycles. The van der Waals surface area contributed by atoms with Crippen molar-refractivity contribution in [1.82, 2.24) is 10.2 Å². The maximum absolute atomic E-state index is 13.1. The van der Waals surface area contributed by atoms with Gasteiger partial charge in [0.1, 0.15) is 23.4 Å². The van der Waals surface area contributed by atoms with Crippen LogP contribution in [0.25, 0.3) is 0 Å². The van der Waals surface area contributed by atoms with Crippen LogP contribution >= 0.6 is 0 Å².